The lowest BCUT2D eigenvalue weighted by Crippen LogP contribution is -2.43. The van der Waals surface area contributed by atoms with Gasteiger partial charge in [0.15, 0.2) is 0 Å². The van der Waals surface area contributed by atoms with Crippen molar-refractivity contribution in [3.63, 3.8) is 0 Å². The van der Waals surface area contributed by atoms with Crippen LogP contribution in [0.5, 0.6) is 5.75 Å². The highest BCUT2D eigenvalue weighted by Crippen LogP contribution is 2.39. The van der Waals surface area contributed by atoms with Crippen molar-refractivity contribution in [3.05, 3.63) is 58.3 Å². The molecule has 0 N–H and O–H groups in total. The van der Waals surface area contributed by atoms with Crippen molar-refractivity contribution >= 4 is 21.8 Å². The molecule has 118 valence electrons. The Morgan fingerprint density at radius 3 is 2.96 bits per heavy atom. The van der Waals surface area contributed by atoms with Gasteiger partial charge in [0, 0.05) is 19.2 Å². The predicted octanol–water partition coefficient (Wildman–Crippen LogP) is 3.45. The van der Waals surface area contributed by atoms with Crippen LogP contribution >= 0.6 is 15.9 Å². The zero-order valence-electron chi connectivity index (χ0n) is 12.7. The van der Waals surface area contributed by atoms with Gasteiger partial charge >= 0.3 is 0 Å². The van der Waals surface area contributed by atoms with Crippen LogP contribution in [0.25, 0.3) is 0 Å². The molecule has 4 nitrogen and oxygen atoms in total. The molecule has 4 rings (SSSR count). The zero-order valence-corrected chi connectivity index (χ0v) is 14.3. The van der Waals surface area contributed by atoms with Crippen LogP contribution in [0.2, 0.25) is 0 Å². The molecule has 2 aromatic rings. The van der Waals surface area contributed by atoms with E-state index in [1.165, 1.54) is 5.56 Å². The van der Waals surface area contributed by atoms with Crippen molar-refractivity contribution in [2.75, 3.05) is 13.1 Å². The molecular weight excluding hydrogens is 356 g/mol. The van der Waals surface area contributed by atoms with Crippen LogP contribution in [0.3, 0.4) is 0 Å². The van der Waals surface area contributed by atoms with Crippen molar-refractivity contribution in [1.29, 1.82) is 0 Å². The molecule has 1 spiro atoms. The summed E-state index contributed by atoms with van der Waals surface area (Å²) < 4.78 is 6.90. The maximum atomic E-state index is 12.7. The van der Waals surface area contributed by atoms with E-state index < -0.39 is 0 Å². The van der Waals surface area contributed by atoms with Crippen LogP contribution in [0, 0.1) is 0 Å². The monoisotopic (exact) mass is 372 g/mol. The normalized spacial score (nSPS) is 22.7. The molecule has 0 radical (unpaired) electrons. The van der Waals surface area contributed by atoms with Crippen LogP contribution in [0.1, 0.15) is 28.8 Å². The van der Waals surface area contributed by atoms with Crippen LogP contribution in [0.15, 0.2) is 47.2 Å². The van der Waals surface area contributed by atoms with Crippen molar-refractivity contribution < 1.29 is 9.53 Å². The molecule has 0 saturated carbocycles. The molecule has 1 unspecified atom stereocenters. The number of para-hydroxylation sites is 1. The van der Waals surface area contributed by atoms with Crippen LogP contribution in [-0.2, 0) is 6.42 Å². The summed E-state index contributed by atoms with van der Waals surface area (Å²) in [6.07, 6.45) is 4.52. The lowest BCUT2D eigenvalue weighted by Gasteiger charge is -2.35. The number of pyridine rings is 1. The van der Waals surface area contributed by atoms with E-state index in [1.54, 1.807) is 18.3 Å². The number of ether oxygens (including phenoxy) is 1. The summed E-state index contributed by atoms with van der Waals surface area (Å²) in [6, 6.07) is 11.8. The van der Waals surface area contributed by atoms with Crippen molar-refractivity contribution in [2.45, 2.75) is 24.9 Å². The first-order valence-electron chi connectivity index (χ1n) is 7.84. The third kappa shape index (κ3) is 2.63. The first-order valence-corrected chi connectivity index (χ1v) is 8.63. The summed E-state index contributed by atoms with van der Waals surface area (Å²) in [4.78, 5) is 18.8. The fraction of sp³-hybridized carbons (Fsp3) is 0.333. The average Bonchev–Trinajstić information content (AvgIpc) is 2.98. The molecule has 1 aromatic carbocycles. The average molecular weight is 373 g/mol. The Morgan fingerprint density at radius 1 is 1.22 bits per heavy atom. The van der Waals surface area contributed by atoms with E-state index in [1.807, 2.05) is 23.1 Å². The van der Waals surface area contributed by atoms with E-state index in [0.29, 0.717) is 16.7 Å². The van der Waals surface area contributed by atoms with Gasteiger partial charge in [0.2, 0.25) is 0 Å². The van der Waals surface area contributed by atoms with E-state index in [4.69, 9.17) is 4.74 Å². The van der Waals surface area contributed by atoms with E-state index in [-0.39, 0.29) is 11.5 Å². The van der Waals surface area contributed by atoms with Crippen LogP contribution in [-0.4, -0.2) is 34.5 Å². The minimum atomic E-state index is -0.237. The van der Waals surface area contributed by atoms with Crippen molar-refractivity contribution in [1.82, 2.24) is 9.88 Å². The number of hydrogen-bond donors (Lipinski definition) is 0. The Bertz CT molecular complexity index is 764. The number of halogens is 1. The molecule has 1 atom stereocenters. The van der Waals surface area contributed by atoms with Crippen molar-refractivity contribution in [3.8, 4) is 5.75 Å². The molecule has 3 heterocycles. The number of carbonyl (C=O) groups is 1. The zero-order chi connectivity index (χ0) is 15.9. The number of aromatic nitrogens is 1. The number of nitrogens with zero attached hydrogens (tertiary/aromatic N) is 2. The molecule has 1 fully saturated rings. The number of fused-ring (bicyclic) bond motifs is 1. The predicted molar refractivity (Wildman–Crippen MR) is 90.6 cm³/mol. The highest BCUT2D eigenvalue weighted by atomic mass is 79.9. The molecule has 0 bridgehead atoms. The fourth-order valence-electron chi connectivity index (χ4n) is 3.48. The fourth-order valence-corrected chi connectivity index (χ4v) is 3.90. The van der Waals surface area contributed by atoms with E-state index >= 15 is 0 Å². The molecule has 5 heteroatoms. The van der Waals surface area contributed by atoms with Gasteiger partial charge < -0.3 is 9.64 Å². The van der Waals surface area contributed by atoms with E-state index in [9.17, 15) is 4.79 Å². The van der Waals surface area contributed by atoms with E-state index in [2.05, 4.69) is 27.0 Å². The van der Waals surface area contributed by atoms with Gasteiger partial charge in [-0.05, 0) is 52.5 Å². The number of benzene rings is 1. The second kappa shape index (κ2) is 5.64. The number of rotatable bonds is 1. The summed E-state index contributed by atoms with van der Waals surface area (Å²) in [5.41, 5.74) is 1.64. The maximum absolute atomic E-state index is 12.7. The third-order valence-electron chi connectivity index (χ3n) is 4.74. The summed E-state index contributed by atoms with van der Waals surface area (Å²) in [7, 11) is 0. The SMILES string of the molecule is O=C(c1cccnc1Br)N1CCC2(CCc3ccccc3O2)C1. The molecule has 2 aliphatic heterocycles. The lowest BCUT2D eigenvalue weighted by molar-refractivity contribution is 0.0484. The smallest absolute Gasteiger partial charge is 0.256 e. The van der Waals surface area contributed by atoms with Gasteiger partial charge in [-0.2, -0.15) is 0 Å². The van der Waals surface area contributed by atoms with E-state index in [0.717, 1.165) is 31.6 Å². The number of hydrogen-bond acceptors (Lipinski definition) is 3. The summed E-state index contributed by atoms with van der Waals surface area (Å²) in [5, 5.41) is 0. The number of likely N-dealkylation sites (tertiary alicyclic amines) is 1. The molecule has 1 aromatic heterocycles. The van der Waals surface area contributed by atoms with Crippen molar-refractivity contribution in [2.24, 2.45) is 0 Å². The van der Waals surface area contributed by atoms with Gasteiger partial charge in [-0.15, -0.1) is 0 Å². The van der Waals surface area contributed by atoms with Gasteiger partial charge in [-0.1, -0.05) is 18.2 Å². The highest BCUT2D eigenvalue weighted by Gasteiger charge is 2.44. The summed E-state index contributed by atoms with van der Waals surface area (Å²) in [5.74, 6) is 0.986. The Kier molecular flexibility index (Phi) is 3.60. The molecule has 2 aliphatic rings. The number of amides is 1. The van der Waals surface area contributed by atoms with Gasteiger partial charge in [0.1, 0.15) is 16.0 Å². The van der Waals surface area contributed by atoms with Gasteiger partial charge in [-0.25, -0.2) is 4.98 Å². The summed E-state index contributed by atoms with van der Waals surface area (Å²) in [6.45, 7) is 1.36. The second-order valence-electron chi connectivity index (χ2n) is 6.21. The quantitative estimate of drug-likeness (QED) is 0.719. The standard InChI is InChI=1S/C18H17BrN2O2/c19-16-14(5-3-10-20-16)17(22)21-11-9-18(12-21)8-7-13-4-1-2-6-15(13)23-18/h1-6,10H,7-9,11-12H2. The van der Waals surface area contributed by atoms with Gasteiger partial charge in [0.25, 0.3) is 5.91 Å². The molecule has 1 amide bonds. The Morgan fingerprint density at radius 2 is 2.09 bits per heavy atom. The lowest BCUT2D eigenvalue weighted by atomic mass is 9.90. The second-order valence-corrected chi connectivity index (χ2v) is 6.96. The minimum absolute atomic E-state index is 0.0179. The largest absolute Gasteiger partial charge is 0.485 e. The van der Waals surface area contributed by atoms with Crippen LogP contribution < -0.4 is 4.74 Å². The molecule has 1 saturated heterocycles. The Labute approximate surface area is 143 Å². The first-order chi connectivity index (χ1) is 11.2. The first kappa shape index (κ1) is 14.7. The van der Waals surface area contributed by atoms with Gasteiger partial charge in [0.05, 0.1) is 12.1 Å². The highest BCUT2D eigenvalue weighted by molar-refractivity contribution is 9.10. The number of aryl methyl sites for hydroxylation is 1. The minimum Gasteiger partial charge on any atom is -0.485 e. The Hall–Kier alpha value is -1.88. The Balaban J connectivity index is 1.54. The maximum Gasteiger partial charge on any atom is 0.256 e. The third-order valence-corrected chi connectivity index (χ3v) is 5.37. The molecule has 23 heavy (non-hydrogen) atoms. The molecule has 0 aliphatic carbocycles. The topological polar surface area (TPSA) is 42.4 Å². The van der Waals surface area contributed by atoms with Crippen LogP contribution in [0.4, 0.5) is 0 Å². The molecular formula is C18H17BrN2O2. The summed E-state index contributed by atoms with van der Waals surface area (Å²) >= 11 is 3.36. The number of carbonyl (C=O) groups excluding carboxylic acids is 1. The van der Waals surface area contributed by atoms with Gasteiger partial charge in [-0.3, -0.25) is 4.79 Å².